The number of hydrogen-bond acceptors (Lipinski definition) is 0. The number of benzene rings is 9. The molecule has 9 aromatic rings. The summed E-state index contributed by atoms with van der Waals surface area (Å²) in [4.78, 5) is 0. The summed E-state index contributed by atoms with van der Waals surface area (Å²) in [6, 6.07) is -2.96. The average Bonchev–Trinajstić information content (AvgIpc) is 3.17. The van der Waals surface area contributed by atoms with Gasteiger partial charge in [-0.1, -0.05) is 133 Å². The Bertz CT molecular complexity index is 3040. The van der Waals surface area contributed by atoms with Crippen molar-refractivity contribution in [2.45, 2.75) is 0 Å². The summed E-state index contributed by atoms with van der Waals surface area (Å²) in [5.41, 5.74) is 0.476. The van der Waals surface area contributed by atoms with E-state index in [2.05, 4.69) is 0 Å². The lowest BCUT2D eigenvalue weighted by Gasteiger charge is -2.15. The van der Waals surface area contributed by atoms with Crippen molar-refractivity contribution in [3.8, 4) is 22.3 Å². The summed E-state index contributed by atoms with van der Waals surface area (Å²) in [6.45, 7) is 0. The van der Waals surface area contributed by atoms with Crippen LogP contribution in [0, 0.1) is 0 Å². The molecule has 0 nitrogen and oxygen atoms in total. The largest absolute Gasteiger partial charge is 0.0630 e. The topological polar surface area (TPSA) is 0 Å². The molecule has 0 fully saturated rings. The molecule has 0 amide bonds. The molecule has 9 rings (SSSR count). The summed E-state index contributed by atoms with van der Waals surface area (Å²) in [5, 5.41) is -1.04. The van der Waals surface area contributed by atoms with Gasteiger partial charge >= 0.3 is 0 Å². The van der Waals surface area contributed by atoms with E-state index in [-0.39, 0.29) is 86.9 Å². The summed E-state index contributed by atoms with van der Waals surface area (Å²) in [6.07, 6.45) is 0. The molecule has 0 heteroatoms. The molecule has 0 unspecified atom stereocenters. The molecule has 0 N–H and O–H groups in total. The maximum atomic E-state index is 9.10. The number of hydrogen-bond donors (Lipinski definition) is 0. The van der Waals surface area contributed by atoms with Gasteiger partial charge in [-0.3, -0.25) is 0 Å². The molecule has 9 aromatic carbocycles. The van der Waals surface area contributed by atoms with Gasteiger partial charge in [0.25, 0.3) is 0 Å². The Labute approximate surface area is 245 Å². The molecule has 0 radical (unpaired) electrons. The Balaban J connectivity index is 1.39. The Morgan fingerprint density at radius 1 is 0.316 bits per heavy atom. The molecular formula is C38H22. The zero-order valence-electron chi connectivity index (χ0n) is 37.3. The molecule has 174 valence electrons. The van der Waals surface area contributed by atoms with Crippen LogP contribution in [0.25, 0.3) is 86.9 Å². The van der Waals surface area contributed by atoms with Crippen molar-refractivity contribution < 1.29 is 24.7 Å². The van der Waals surface area contributed by atoms with Gasteiger partial charge in [0.05, 0.1) is 24.7 Å². The first-order chi connectivity index (χ1) is 26.4. The zero-order chi connectivity index (χ0) is 40.5. The first-order valence-electron chi connectivity index (χ1n) is 20.8. The molecule has 0 saturated heterocycles. The minimum Gasteiger partial charge on any atom is -0.0610 e. The van der Waals surface area contributed by atoms with Crippen molar-refractivity contribution in [1.29, 1.82) is 0 Å². The second-order valence-electron chi connectivity index (χ2n) is 9.08. The maximum Gasteiger partial charge on any atom is 0.0630 e. The van der Waals surface area contributed by atoms with Crippen LogP contribution in [0.5, 0.6) is 0 Å². The SMILES string of the molecule is [2H]c1c([2H])c2c([2H])c([2H])c3c([2H])c([2H])c(-c4ccc(-c5c([2H])c([2H])c6c([2H])c([2H])c7c([2H])c([2H])c([2H])c8c([2H])c([2H])c5c6c78)cc4)c4c([2H])c([2H])c(c1[2H])c2c34. The van der Waals surface area contributed by atoms with Gasteiger partial charge in [0.2, 0.25) is 0 Å². The van der Waals surface area contributed by atoms with Gasteiger partial charge in [-0.15, -0.1) is 0 Å². The van der Waals surface area contributed by atoms with Gasteiger partial charge in [-0.2, -0.15) is 0 Å². The van der Waals surface area contributed by atoms with Crippen molar-refractivity contribution in [3.05, 3.63) is 133 Å². The van der Waals surface area contributed by atoms with E-state index in [0.717, 1.165) is 0 Å². The average molecular weight is 497 g/mol. The molecule has 0 aliphatic rings. The summed E-state index contributed by atoms with van der Waals surface area (Å²) in [5.74, 6) is 0. The highest BCUT2D eigenvalue weighted by molar-refractivity contribution is 6.26. The molecule has 0 spiro atoms. The Kier molecular flexibility index (Phi) is 1.87. The van der Waals surface area contributed by atoms with Crippen LogP contribution in [0.4, 0.5) is 0 Å². The van der Waals surface area contributed by atoms with Crippen molar-refractivity contribution in [2.75, 3.05) is 0 Å². The summed E-state index contributed by atoms with van der Waals surface area (Å²) < 4.78 is 158. The molecule has 0 atom stereocenters. The predicted molar refractivity (Wildman–Crippen MR) is 165 cm³/mol. The molecular weight excluding hydrogens is 456 g/mol. The predicted octanol–water partition coefficient (Wildman–Crippen LogP) is 10.8. The van der Waals surface area contributed by atoms with E-state index in [0.29, 0.717) is 0 Å². The highest BCUT2D eigenvalue weighted by atomic mass is 14.2. The van der Waals surface area contributed by atoms with Crippen LogP contribution < -0.4 is 0 Å². The molecule has 38 heavy (non-hydrogen) atoms. The molecule has 0 aliphatic heterocycles. The second kappa shape index (κ2) is 7.31. The van der Waals surface area contributed by atoms with Crippen molar-refractivity contribution in [2.24, 2.45) is 0 Å². The first kappa shape index (κ1) is 9.74. The van der Waals surface area contributed by atoms with E-state index in [1.165, 1.54) is 24.3 Å². The second-order valence-corrected chi connectivity index (χ2v) is 9.08. The smallest absolute Gasteiger partial charge is 0.0610 e. The highest BCUT2D eigenvalue weighted by Crippen LogP contribution is 2.41. The normalized spacial score (nSPS) is 18.8. The van der Waals surface area contributed by atoms with Crippen LogP contribution in [0.1, 0.15) is 24.7 Å². The highest BCUT2D eigenvalue weighted by Gasteiger charge is 2.14. The van der Waals surface area contributed by atoms with E-state index in [4.69, 9.17) is 24.7 Å². The van der Waals surface area contributed by atoms with E-state index in [9.17, 15) is 0 Å². The van der Waals surface area contributed by atoms with E-state index >= 15 is 0 Å². The van der Waals surface area contributed by atoms with Crippen LogP contribution >= 0.6 is 0 Å². The maximum absolute atomic E-state index is 9.10. The van der Waals surface area contributed by atoms with Gasteiger partial charge in [0, 0.05) is 0 Å². The molecule has 0 aromatic heterocycles. The van der Waals surface area contributed by atoms with Crippen molar-refractivity contribution in [3.63, 3.8) is 0 Å². The Morgan fingerprint density at radius 3 is 1.03 bits per heavy atom. The monoisotopic (exact) mass is 496 g/mol. The fraction of sp³-hybridized carbons (Fsp3) is 0. The third kappa shape index (κ3) is 2.64. The lowest BCUT2D eigenvalue weighted by molar-refractivity contribution is 1.64. The van der Waals surface area contributed by atoms with Crippen LogP contribution in [0.15, 0.2) is 133 Å². The molecule has 0 heterocycles. The van der Waals surface area contributed by atoms with Gasteiger partial charge in [0.1, 0.15) is 0 Å². The quantitative estimate of drug-likeness (QED) is 0.209. The van der Waals surface area contributed by atoms with Crippen LogP contribution in [-0.2, 0) is 0 Å². The van der Waals surface area contributed by atoms with Crippen LogP contribution in [0.3, 0.4) is 0 Å². The lowest BCUT2D eigenvalue weighted by Crippen LogP contribution is -1.88. The van der Waals surface area contributed by atoms with Gasteiger partial charge in [-0.05, 0) is 86.9 Å². The molecule has 0 aliphatic carbocycles. The van der Waals surface area contributed by atoms with Crippen molar-refractivity contribution >= 4 is 64.6 Å². The fourth-order valence-electron chi connectivity index (χ4n) is 5.36. The Morgan fingerprint density at radius 2 is 0.632 bits per heavy atom. The lowest BCUT2D eigenvalue weighted by atomic mass is 9.88. The molecule has 0 saturated carbocycles. The zero-order valence-corrected chi connectivity index (χ0v) is 19.3. The summed E-state index contributed by atoms with van der Waals surface area (Å²) >= 11 is 0. The number of rotatable bonds is 2. The van der Waals surface area contributed by atoms with Gasteiger partial charge in [0.15, 0.2) is 0 Å². The van der Waals surface area contributed by atoms with Gasteiger partial charge in [-0.25, -0.2) is 0 Å². The minimum absolute atomic E-state index is 0.00264. The van der Waals surface area contributed by atoms with Crippen molar-refractivity contribution in [1.82, 2.24) is 0 Å². The molecule has 0 bridgehead atoms. The van der Waals surface area contributed by atoms with E-state index in [1.54, 1.807) is 0 Å². The third-order valence-electron chi connectivity index (χ3n) is 7.09. The fourth-order valence-corrected chi connectivity index (χ4v) is 5.36. The van der Waals surface area contributed by atoms with Crippen LogP contribution in [0.2, 0.25) is 0 Å². The van der Waals surface area contributed by atoms with E-state index in [1.807, 2.05) is 0 Å². The first-order valence-corrected chi connectivity index (χ1v) is 11.8. The van der Waals surface area contributed by atoms with E-state index < -0.39 is 109 Å². The van der Waals surface area contributed by atoms with Gasteiger partial charge < -0.3 is 0 Å². The summed E-state index contributed by atoms with van der Waals surface area (Å²) in [7, 11) is 0. The third-order valence-corrected chi connectivity index (χ3v) is 7.09. The Hall–Kier alpha value is -4.94. The van der Waals surface area contributed by atoms with Crippen LogP contribution in [-0.4, -0.2) is 0 Å². The minimum atomic E-state index is -0.579. The standard InChI is InChI=1S/C38H22/c1-3-25-11-13-29-15-19-31(33-21-17-27(5-1)35(25)37(29)33)23-7-9-24(10-8-23)32-20-16-30-14-12-26-4-2-6-28-18-22-34(32)38(30)36(26)28/h1-22H/i1D,2D,3D,4D,5D,6D,11D,12D,13D,14D,15D,16D,17D,18D,19D,20D,21D,22D.